The van der Waals surface area contributed by atoms with Gasteiger partial charge in [0.1, 0.15) is 0 Å². The largest absolute Gasteiger partial charge is 0.394 e. The Balaban J connectivity index is 0. The van der Waals surface area contributed by atoms with Gasteiger partial charge < -0.3 is 20.4 Å². The van der Waals surface area contributed by atoms with Crippen LogP contribution in [0.3, 0.4) is 0 Å². The number of aliphatic hydroxyl groups excluding tert-OH is 3. The number of aliphatic hydroxyl groups is 4. The van der Waals surface area contributed by atoms with Crippen LogP contribution in [0.2, 0.25) is 0 Å². The Morgan fingerprint density at radius 3 is 1.45 bits per heavy atom. The smallest absolute Gasteiger partial charge is 0.0821 e. The topological polar surface area (TPSA) is 80.9 Å². The van der Waals surface area contributed by atoms with Gasteiger partial charge in [0.2, 0.25) is 0 Å². The molecule has 0 saturated carbocycles. The van der Waals surface area contributed by atoms with Gasteiger partial charge in [-0.1, -0.05) is 0 Å². The molecule has 11 heavy (non-hydrogen) atoms. The molecule has 0 bridgehead atoms. The van der Waals surface area contributed by atoms with Crippen molar-refractivity contribution in [2.24, 2.45) is 0 Å². The van der Waals surface area contributed by atoms with E-state index < -0.39 is 11.7 Å². The summed E-state index contributed by atoms with van der Waals surface area (Å²) in [6, 6.07) is 0. The predicted octanol–water partition coefficient (Wildman–Crippen LogP) is -0.891. The van der Waals surface area contributed by atoms with Crippen molar-refractivity contribution >= 4 is 0 Å². The highest BCUT2D eigenvalue weighted by Gasteiger charge is 2.07. The monoisotopic (exact) mass is 166 g/mol. The first-order valence-electron chi connectivity index (χ1n) is 3.45. The minimum atomic E-state index is -0.903. The van der Waals surface area contributed by atoms with Crippen LogP contribution in [0.5, 0.6) is 0 Å². The fourth-order valence-electron chi connectivity index (χ4n) is 0. The molecule has 0 heterocycles. The molecule has 0 aromatic carbocycles. The summed E-state index contributed by atoms with van der Waals surface area (Å²) < 4.78 is 0. The highest BCUT2D eigenvalue weighted by atomic mass is 16.3. The number of hydrogen-bond acceptors (Lipinski definition) is 4. The zero-order chi connectivity index (χ0) is 9.49. The lowest BCUT2D eigenvalue weighted by atomic mass is 10.2. The molecule has 1 unspecified atom stereocenters. The molecule has 0 amide bonds. The Kier molecular flexibility index (Phi) is 7.99. The molecule has 0 aliphatic carbocycles. The first-order valence-corrected chi connectivity index (χ1v) is 3.45. The number of rotatable bonds is 2. The zero-order valence-corrected chi connectivity index (χ0v) is 7.28. The van der Waals surface area contributed by atoms with Crippen molar-refractivity contribution in [1.29, 1.82) is 0 Å². The van der Waals surface area contributed by atoms with E-state index >= 15 is 0 Å². The summed E-state index contributed by atoms with van der Waals surface area (Å²) in [5.41, 5.74) is -0.903. The van der Waals surface area contributed by atoms with E-state index in [1.54, 1.807) is 13.8 Å². The van der Waals surface area contributed by atoms with Crippen molar-refractivity contribution in [2.75, 3.05) is 13.2 Å². The lowest BCUT2D eigenvalue weighted by molar-refractivity contribution is 0.0183. The van der Waals surface area contributed by atoms with Crippen LogP contribution in [0, 0.1) is 0 Å². The molecule has 0 fully saturated rings. The summed E-state index contributed by atoms with van der Waals surface area (Å²) in [4.78, 5) is 0. The Bertz CT molecular complexity index is 75.0. The van der Waals surface area contributed by atoms with Gasteiger partial charge in [0, 0.05) is 0 Å². The summed E-state index contributed by atoms with van der Waals surface area (Å²) in [6.45, 7) is 4.31. The quantitative estimate of drug-likeness (QED) is 0.429. The van der Waals surface area contributed by atoms with Crippen LogP contribution in [0.4, 0.5) is 0 Å². The molecule has 0 radical (unpaired) electrons. The van der Waals surface area contributed by atoms with E-state index in [0.29, 0.717) is 0 Å². The van der Waals surface area contributed by atoms with Gasteiger partial charge >= 0.3 is 0 Å². The third-order valence-electron chi connectivity index (χ3n) is 0.651. The molecule has 0 spiro atoms. The fraction of sp³-hybridized carbons (Fsp3) is 1.00. The average Bonchev–Trinajstić information content (AvgIpc) is 1.88. The van der Waals surface area contributed by atoms with E-state index in [1.807, 2.05) is 0 Å². The molecule has 4 nitrogen and oxygen atoms in total. The van der Waals surface area contributed by atoms with Crippen LogP contribution < -0.4 is 0 Å². The van der Waals surface area contributed by atoms with Crippen LogP contribution in [-0.4, -0.2) is 45.3 Å². The molecule has 0 rings (SSSR count). The maximum atomic E-state index is 8.58. The van der Waals surface area contributed by atoms with E-state index in [1.165, 1.54) is 6.92 Å². The summed E-state index contributed by atoms with van der Waals surface area (Å²) in [5.74, 6) is 0. The normalized spacial score (nSPS) is 13.4. The van der Waals surface area contributed by atoms with Crippen molar-refractivity contribution in [3.63, 3.8) is 0 Å². The molecule has 0 aliphatic rings. The molecular formula is C7H18O4. The fourth-order valence-corrected chi connectivity index (χ4v) is 0. The third kappa shape index (κ3) is 25.8. The van der Waals surface area contributed by atoms with Gasteiger partial charge in [-0.05, 0) is 20.8 Å². The molecule has 1 atom stereocenters. The van der Waals surface area contributed by atoms with Crippen molar-refractivity contribution in [1.82, 2.24) is 0 Å². The van der Waals surface area contributed by atoms with Crippen LogP contribution in [0.15, 0.2) is 0 Å². The molecule has 4 N–H and O–H groups in total. The Hall–Kier alpha value is -0.160. The second-order valence-corrected chi connectivity index (χ2v) is 3.00. The van der Waals surface area contributed by atoms with Gasteiger partial charge in [-0.2, -0.15) is 0 Å². The van der Waals surface area contributed by atoms with Gasteiger partial charge in [-0.15, -0.1) is 0 Å². The second kappa shape index (κ2) is 6.54. The summed E-state index contributed by atoms with van der Waals surface area (Å²) in [7, 11) is 0. The van der Waals surface area contributed by atoms with Gasteiger partial charge in [0.05, 0.1) is 24.9 Å². The van der Waals surface area contributed by atoms with Gasteiger partial charge in [-0.25, -0.2) is 0 Å². The SMILES string of the molecule is CC(C)(O)CO.CC(O)CO. The van der Waals surface area contributed by atoms with Gasteiger partial charge in [0.25, 0.3) is 0 Å². The minimum absolute atomic E-state index is 0.139. The average molecular weight is 166 g/mol. The first kappa shape index (κ1) is 13.4. The molecule has 0 aromatic rings. The van der Waals surface area contributed by atoms with E-state index in [0.717, 1.165) is 0 Å². The van der Waals surface area contributed by atoms with Crippen molar-refractivity contribution in [3.8, 4) is 0 Å². The van der Waals surface area contributed by atoms with Crippen molar-refractivity contribution in [2.45, 2.75) is 32.5 Å². The first-order chi connectivity index (χ1) is 4.83. The Morgan fingerprint density at radius 1 is 1.27 bits per heavy atom. The second-order valence-electron chi connectivity index (χ2n) is 3.00. The molecule has 0 saturated heterocycles. The van der Waals surface area contributed by atoms with Gasteiger partial charge in [-0.3, -0.25) is 0 Å². The van der Waals surface area contributed by atoms with Crippen molar-refractivity contribution < 1.29 is 20.4 Å². The maximum Gasteiger partial charge on any atom is 0.0821 e. The minimum Gasteiger partial charge on any atom is -0.394 e. The molecule has 4 heteroatoms. The van der Waals surface area contributed by atoms with Crippen LogP contribution in [0.25, 0.3) is 0 Å². The summed E-state index contributed by atoms with van der Waals surface area (Å²) in [5, 5.41) is 32.7. The predicted molar refractivity (Wildman–Crippen MR) is 42.2 cm³/mol. The highest BCUT2D eigenvalue weighted by molar-refractivity contribution is 4.59. The summed E-state index contributed by atoms with van der Waals surface area (Å²) in [6.07, 6.45) is -0.560. The standard InChI is InChI=1S/C4H10O2.C3H8O2/c1-4(2,6)3-5;1-3(5)2-4/h5-6H,3H2,1-2H3;3-5H,2H2,1H3. The molecule has 0 aliphatic heterocycles. The maximum absolute atomic E-state index is 8.58. The highest BCUT2D eigenvalue weighted by Crippen LogP contribution is 1.95. The van der Waals surface area contributed by atoms with Crippen LogP contribution in [-0.2, 0) is 0 Å². The molecule has 0 aromatic heterocycles. The zero-order valence-electron chi connectivity index (χ0n) is 7.28. The third-order valence-corrected chi connectivity index (χ3v) is 0.651. The molecule has 70 valence electrons. The lowest BCUT2D eigenvalue weighted by Crippen LogP contribution is -2.23. The van der Waals surface area contributed by atoms with E-state index in [-0.39, 0.29) is 13.2 Å². The summed E-state index contributed by atoms with van der Waals surface area (Å²) >= 11 is 0. The van der Waals surface area contributed by atoms with Crippen molar-refractivity contribution in [3.05, 3.63) is 0 Å². The van der Waals surface area contributed by atoms with E-state index in [4.69, 9.17) is 20.4 Å². The number of hydrogen-bond donors (Lipinski definition) is 4. The van der Waals surface area contributed by atoms with E-state index in [9.17, 15) is 0 Å². The lowest BCUT2D eigenvalue weighted by Gasteiger charge is -2.10. The Labute approximate surface area is 67.1 Å². The van der Waals surface area contributed by atoms with Crippen LogP contribution in [0.1, 0.15) is 20.8 Å². The molecular weight excluding hydrogens is 148 g/mol. The van der Waals surface area contributed by atoms with Gasteiger partial charge in [0.15, 0.2) is 0 Å². The van der Waals surface area contributed by atoms with Crippen LogP contribution >= 0.6 is 0 Å². The van der Waals surface area contributed by atoms with E-state index in [2.05, 4.69) is 0 Å². The Morgan fingerprint density at radius 2 is 1.45 bits per heavy atom.